The highest BCUT2D eigenvalue weighted by atomic mass is 32.2. The van der Waals surface area contributed by atoms with Crippen molar-refractivity contribution in [1.82, 2.24) is 14.1 Å². The summed E-state index contributed by atoms with van der Waals surface area (Å²) in [5, 5.41) is 4.09. The quantitative estimate of drug-likeness (QED) is 0.829. The third kappa shape index (κ3) is 3.03. The Labute approximate surface area is 119 Å². The monoisotopic (exact) mass is 302 g/mol. The van der Waals surface area contributed by atoms with E-state index in [1.165, 1.54) is 10.5 Å². The van der Waals surface area contributed by atoms with E-state index in [-0.39, 0.29) is 4.90 Å². The number of sulfonamides is 1. The summed E-state index contributed by atoms with van der Waals surface area (Å²) in [6.07, 6.45) is 3.73. The van der Waals surface area contributed by atoms with E-state index >= 15 is 0 Å². The van der Waals surface area contributed by atoms with Gasteiger partial charge in [-0.3, -0.25) is 4.68 Å². The van der Waals surface area contributed by atoms with Crippen molar-refractivity contribution in [3.8, 4) is 0 Å². The highest BCUT2D eigenvalue weighted by Gasteiger charge is 2.40. The second-order valence-electron chi connectivity index (χ2n) is 5.52. The summed E-state index contributed by atoms with van der Waals surface area (Å²) in [4.78, 5) is 0.226. The molecule has 114 valence electrons. The van der Waals surface area contributed by atoms with Gasteiger partial charge in [0.2, 0.25) is 10.0 Å². The molecule has 2 rings (SSSR count). The van der Waals surface area contributed by atoms with Crippen LogP contribution >= 0.6 is 0 Å². The standard InChI is InChI=1S/C12H22N4O3S/c1-12(2)10-19-7-6-16(12)20(17,18)11-8-14-15(9-11)5-3-4-13/h8-9H,3-7,10,13H2,1-2H3. The zero-order valence-electron chi connectivity index (χ0n) is 11.9. The van der Waals surface area contributed by atoms with E-state index in [1.807, 2.05) is 13.8 Å². The lowest BCUT2D eigenvalue weighted by Gasteiger charge is -2.40. The molecule has 1 aliphatic heterocycles. The molecule has 0 bridgehead atoms. The molecule has 1 aromatic heterocycles. The smallest absolute Gasteiger partial charge is 0.246 e. The Hall–Kier alpha value is -0.960. The molecule has 0 aromatic carbocycles. The lowest BCUT2D eigenvalue weighted by Crippen LogP contribution is -2.55. The average molecular weight is 302 g/mol. The Kier molecular flexibility index (Phi) is 4.48. The van der Waals surface area contributed by atoms with Gasteiger partial charge < -0.3 is 10.5 Å². The first-order chi connectivity index (χ1) is 9.38. The molecular weight excluding hydrogens is 280 g/mol. The molecule has 1 aromatic rings. The van der Waals surface area contributed by atoms with Crippen LogP contribution in [-0.4, -0.2) is 54.3 Å². The molecule has 1 saturated heterocycles. The molecule has 0 amide bonds. The maximum Gasteiger partial charge on any atom is 0.246 e. The summed E-state index contributed by atoms with van der Waals surface area (Å²) >= 11 is 0. The van der Waals surface area contributed by atoms with Crippen LogP contribution in [0.3, 0.4) is 0 Å². The van der Waals surface area contributed by atoms with E-state index in [4.69, 9.17) is 10.5 Å². The van der Waals surface area contributed by atoms with Crippen molar-refractivity contribution in [3.63, 3.8) is 0 Å². The van der Waals surface area contributed by atoms with Gasteiger partial charge in [0.1, 0.15) is 4.90 Å². The molecule has 2 N–H and O–H groups in total. The average Bonchev–Trinajstić information content (AvgIpc) is 2.85. The molecule has 20 heavy (non-hydrogen) atoms. The number of nitrogens with zero attached hydrogens (tertiary/aromatic N) is 3. The van der Waals surface area contributed by atoms with Gasteiger partial charge >= 0.3 is 0 Å². The number of morpholine rings is 1. The second kappa shape index (κ2) is 5.80. The fraction of sp³-hybridized carbons (Fsp3) is 0.750. The van der Waals surface area contributed by atoms with Crippen molar-refractivity contribution in [3.05, 3.63) is 12.4 Å². The molecule has 0 atom stereocenters. The molecule has 8 heteroatoms. The van der Waals surface area contributed by atoms with E-state index in [9.17, 15) is 8.42 Å². The summed E-state index contributed by atoms with van der Waals surface area (Å²) in [6.45, 7) is 6.09. The van der Waals surface area contributed by atoms with Crippen LogP contribution in [-0.2, 0) is 21.3 Å². The van der Waals surface area contributed by atoms with Gasteiger partial charge in [-0.1, -0.05) is 0 Å². The third-order valence-corrected chi connectivity index (χ3v) is 5.42. The predicted molar refractivity (Wildman–Crippen MR) is 74.7 cm³/mol. The van der Waals surface area contributed by atoms with E-state index < -0.39 is 15.6 Å². The zero-order chi connectivity index (χ0) is 14.8. The van der Waals surface area contributed by atoms with E-state index in [0.717, 1.165) is 6.42 Å². The summed E-state index contributed by atoms with van der Waals surface area (Å²) in [6, 6.07) is 0. The Morgan fingerprint density at radius 3 is 2.90 bits per heavy atom. The fourth-order valence-electron chi connectivity index (χ4n) is 2.27. The van der Waals surface area contributed by atoms with Gasteiger partial charge in [0.05, 0.1) is 24.9 Å². The van der Waals surface area contributed by atoms with Crippen molar-refractivity contribution < 1.29 is 13.2 Å². The molecule has 0 aliphatic carbocycles. The van der Waals surface area contributed by atoms with Gasteiger partial charge in [-0.05, 0) is 26.8 Å². The summed E-state index contributed by atoms with van der Waals surface area (Å²) in [5.74, 6) is 0. The predicted octanol–water partition coefficient (Wildman–Crippen LogP) is 0.0314. The number of aryl methyl sites for hydroxylation is 1. The van der Waals surface area contributed by atoms with Gasteiger partial charge in [-0.2, -0.15) is 9.40 Å². The van der Waals surface area contributed by atoms with Gasteiger partial charge in [0, 0.05) is 19.3 Å². The van der Waals surface area contributed by atoms with Crippen LogP contribution in [0.5, 0.6) is 0 Å². The van der Waals surface area contributed by atoms with Gasteiger partial charge in [0.15, 0.2) is 0 Å². The maximum atomic E-state index is 12.7. The van der Waals surface area contributed by atoms with Crippen LogP contribution in [0.1, 0.15) is 20.3 Å². The fourth-order valence-corrected chi connectivity index (χ4v) is 3.98. The van der Waals surface area contributed by atoms with Crippen molar-refractivity contribution >= 4 is 10.0 Å². The summed E-state index contributed by atoms with van der Waals surface area (Å²) in [5.41, 5.74) is 4.89. The molecule has 0 saturated carbocycles. The van der Waals surface area contributed by atoms with Crippen LogP contribution in [0.2, 0.25) is 0 Å². The molecule has 1 fully saturated rings. The number of ether oxygens (including phenoxy) is 1. The van der Waals surface area contributed by atoms with Crippen molar-refractivity contribution in [2.75, 3.05) is 26.3 Å². The Morgan fingerprint density at radius 1 is 1.50 bits per heavy atom. The number of nitrogens with two attached hydrogens (primary N) is 1. The van der Waals surface area contributed by atoms with Crippen LogP contribution in [0.4, 0.5) is 0 Å². The van der Waals surface area contributed by atoms with E-state index in [0.29, 0.717) is 32.8 Å². The SMILES string of the molecule is CC1(C)COCCN1S(=O)(=O)c1cnn(CCCN)c1. The summed E-state index contributed by atoms with van der Waals surface area (Å²) < 4.78 is 33.8. The van der Waals surface area contributed by atoms with E-state index in [1.54, 1.807) is 10.9 Å². The third-order valence-electron chi connectivity index (χ3n) is 3.36. The summed E-state index contributed by atoms with van der Waals surface area (Å²) in [7, 11) is -3.54. The maximum absolute atomic E-state index is 12.7. The molecule has 1 aliphatic rings. The van der Waals surface area contributed by atoms with Crippen LogP contribution in [0.15, 0.2) is 17.3 Å². The number of hydrogen-bond donors (Lipinski definition) is 1. The molecular formula is C12H22N4O3S. The second-order valence-corrected chi connectivity index (χ2v) is 7.39. The Balaban J connectivity index is 2.23. The lowest BCUT2D eigenvalue weighted by molar-refractivity contribution is -0.00771. The lowest BCUT2D eigenvalue weighted by atomic mass is 10.1. The van der Waals surface area contributed by atoms with Gasteiger partial charge in [-0.25, -0.2) is 8.42 Å². The number of hydrogen-bond acceptors (Lipinski definition) is 5. The highest BCUT2D eigenvalue weighted by molar-refractivity contribution is 7.89. The topological polar surface area (TPSA) is 90.5 Å². The minimum Gasteiger partial charge on any atom is -0.378 e. The molecule has 7 nitrogen and oxygen atoms in total. The Morgan fingerprint density at radius 2 is 2.25 bits per heavy atom. The van der Waals surface area contributed by atoms with Gasteiger partial charge in [-0.15, -0.1) is 0 Å². The van der Waals surface area contributed by atoms with Crippen LogP contribution < -0.4 is 5.73 Å². The molecule has 0 unspecified atom stereocenters. The van der Waals surface area contributed by atoms with Crippen molar-refractivity contribution in [1.29, 1.82) is 0 Å². The van der Waals surface area contributed by atoms with Crippen LogP contribution in [0.25, 0.3) is 0 Å². The molecule has 2 heterocycles. The first-order valence-electron chi connectivity index (χ1n) is 6.71. The first kappa shape index (κ1) is 15.4. The van der Waals surface area contributed by atoms with Crippen molar-refractivity contribution in [2.24, 2.45) is 5.73 Å². The minimum atomic E-state index is -3.54. The van der Waals surface area contributed by atoms with Gasteiger partial charge in [0.25, 0.3) is 0 Å². The van der Waals surface area contributed by atoms with E-state index in [2.05, 4.69) is 5.10 Å². The largest absolute Gasteiger partial charge is 0.378 e. The minimum absolute atomic E-state index is 0.226. The first-order valence-corrected chi connectivity index (χ1v) is 8.15. The zero-order valence-corrected chi connectivity index (χ0v) is 12.8. The number of rotatable bonds is 5. The van der Waals surface area contributed by atoms with Crippen LogP contribution in [0, 0.1) is 0 Å². The number of aromatic nitrogens is 2. The molecule has 0 spiro atoms. The normalized spacial score (nSPS) is 20.1. The highest BCUT2D eigenvalue weighted by Crippen LogP contribution is 2.27. The molecule has 0 radical (unpaired) electrons. The van der Waals surface area contributed by atoms with Crippen molar-refractivity contribution in [2.45, 2.75) is 37.2 Å². The Bertz CT molecular complexity index is 553.